The molecule has 2 aromatic carbocycles. The SMILES string of the molecule is O=C(NCC1(O)CCCC1)Nc1cccc2ccccc12. The van der Waals surface area contributed by atoms with E-state index in [0.717, 1.165) is 42.1 Å². The number of amides is 2. The van der Waals surface area contributed by atoms with Crippen LogP contribution in [0.25, 0.3) is 10.8 Å². The molecule has 1 aliphatic carbocycles. The van der Waals surface area contributed by atoms with Gasteiger partial charge in [0.1, 0.15) is 0 Å². The van der Waals surface area contributed by atoms with Gasteiger partial charge in [-0.3, -0.25) is 0 Å². The van der Waals surface area contributed by atoms with Crippen molar-refractivity contribution in [1.82, 2.24) is 5.32 Å². The molecule has 0 bridgehead atoms. The molecule has 0 aromatic heterocycles. The lowest BCUT2D eigenvalue weighted by atomic mass is 10.0. The van der Waals surface area contributed by atoms with E-state index >= 15 is 0 Å². The first kappa shape index (κ1) is 13.9. The van der Waals surface area contributed by atoms with Gasteiger partial charge in [-0.1, -0.05) is 49.2 Å². The van der Waals surface area contributed by atoms with E-state index in [2.05, 4.69) is 10.6 Å². The number of rotatable bonds is 3. The van der Waals surface area contributed by atoms with E-state index in [4.69, 9.17) is 0 Å². The molecule has 110 valence electrons. The van der Waals surface area contributed by atoms with Crippen LogP contribution in [0.3, 0.4) is 0 Å². The topological polar surface area (TPSA) is 61.4 Å². The quantitative estimate of drug-likeness (QED) is 0.810. The number of hydrogen-bond donors (Lipinski definition) is 3. The molecule has 2 amide bonds. The fraction of sp³-hybridized carbons (Fsp3) is 0.353. The molecule has 21 heavy (non-hydrogen) atoms. The van der Waals surface area contributed by atoms with Crippen molar-refractivity contribution in [3.05, 3.63) is 42.5 Å². The van der Waals surface area contributed by atoms with Gasteiger partial charge in [0.05, 0.1) is 11.3 Å². The van der Waals surface area contributed by atoms with Crippen molar-refractivity contribution < 1.29 is 9.90 Å². The zero-order chi connectivity index (χ0) is 14.7. The normalized spacial score (nSPS) is 16.8. The number of anilines is 1. The van der Waals surface area contributed by atoms with Crippen LogP contribution < -0.4 is 10.6 Å². The molecule has 4 heteroatoms. The van der Waals surface area contributed by atoms with Crippen LogP contribution in [0, 0.1) is 0 Å². The van der Waals surface area contributed by atoms with Crippen molar-refractivity contribution in [2.24, 2.45) is 0 Å². The largest absolute Gasteiger partial charge is 0.388 e. The number of benzene rings is 2. The van der Waals surface area contributed by atoms with Crippen molar-refractivity contribution in [3.8, 4) is 0 Å². The molecule has 3 rings (SSSR count). The van der Waals surface area contributed by atoms with E-state index in [-0.39, 0.29) is 6.03 Å². The maximum atomic E-state index is 12.0. The van der Waals surface area contributed by atoms with E-state index in [0.29, 0.717) is 6.54 Å². The fourth-order valence-corrected chi connectivity index (χ4v) is 2.96. The van der Waals surface area contributed by atoms with Crippen LogP contribution in [0.2, 0.25) is 0 Å². The molecule has 1 saturated carbocycles. The Morgan fingerprint density at radius 3 is 2.62 bits per heavy atom. The van der Waals surface area contributed by atoms with Gasteiger partial charge in [0.15, 0.2) is 0 Å². The fourth-order valence-electron chi connectivity index (χ4n) is 2.96. The lowest BCUT2D eigenvalue weighted by Gasteiger charge is -2.22. The maximum Gasteiger partial charge on any atom is 0.319 e. The van der Waals surface area contributed by atoms with Crippen molar-refractivity contribution in [2.45, 2.75) is 31.3 Å². The number of urea groups is 1. The van der Waals surface area contributed by atoms with Gasteiger partial charge in [-0.2, -0.15) is 0 Å². The zero-order valence-electron chi connectivity index (χ0n) is 11.9. The van der Waals surface area contributed by atoms with Crippen LogP contribution in [0.4, 0.5) is 10.5 Å². The summed E-state index contributed by atoms with van der Waals surface area (Å²) in [5.74, 6) is 0. The summed E-state index contributed by atoms with van der Waals surface area (Å²) in [6, 6.07) is 13.5. The van der Waals surface area contributed by atoms with E-state index in [9.17, 15) is 9.90 Å². The van der Waals surface area contributed by atoms with Crippen LogP contribution in [0.5, 0.6) is 0 Å². The van der Waals surface area contributed by atoms with Crippen molar-refractivity contribution >= 4 is 22.5 Å². The Morgan fingerprint density at radius 1 is 1.10 bits per heavy atom. The average Bonchev–Trinajstić information content (AvgIpc) is 2.93. The number of carbonyl (C=O) groups excluding carboxylic acids is 1. The van der Waals surface area contributed by atoms with Crippen LogP contribution >= 0.6 is 0 Å². The van der Waals surface area contributed by atoms with Crippen LogP contribution in [-0.4, -0.2) is 23.3 Å². The minimum atomic E-state index is -0.726. The summed E-state index contributed by atoms with van der Waals surface area (Å²) in [4.78, 5) is 12.0. The summed E-state index contributed by atoms with van der Waals surface area (Å²) in [5, 5.41) is 18.0. The second kappa shape index (κ2) is 5.74. The summed E-state index contributed by atoms with van der Waals surface area (Å²) in [6.45, 7) is 0.309. The van der Waals surface area contributed by atoms with Crippen LogP contribution in [0.15, 0.2) is 42.5 Å². The van der Waals surface area contributed by atoms with E-state index in [1.165, 1.54) is 0 Å². The monoisotopic (exact) mass is 284 g/mol. The molecule has 0 aliphatic heterocycles. The molecule has 4 nitrogen and oxygen atoms in total. The maximum absolute atomic E-state index is 12.0. The molecule has 0 saturated heterocycles. The minimum Gasteiger partial charge on any atom is -0.388 e. The lowest BCUT2D eigenvalue weighted by Crippen LogP contribution is -2.42. The highest BCUT2D eigenvalue weighted by Gasteiger charge is 2.31. The van der Waals surface area contributed by atoms with Gasteiger partial charge in [-0.25, -0.2) is 4.79 Å². The highest BCUT2D eigenvalue weighted by atomic mass is 16.3. The molecule has 0 spiro atoms. The lowest BCUT2D eigenvalue weighted by molar-refractivity contribution is 0.0506. The zero-order valence-corrected chi connectivity index (χ0v) is 11.9. The summed E-state index contributed by atoms with van der Waals surface area (Å²) in [7, 11) is 0. The molecule has 0 heterocycles. The third-order valence-corrected chi connectivity index (χ3v) is 4.15. The Bertz CT molecular complexity index is 643. The Hall–Kier alpha value is -2.07. The summed E-state index contributed by atoms with van der Waals surface area (Å²) in [6.07, 6.45) is 3.59. The number of hydrogen-bond acceptors (Lipinski definition) is 2. The van der Waals surface area contributed by atoms with Gasteiger partial charge >= 0.3 is 6.03 Å². The Balaban J connectivity index is 1.66. The molecule has 1 fully saturated rings. The molecular weight excluding hydrogens is 264 g/mol. The Kier molecular flexibility index (Phi) is 3.80. The summed E-state index contributed by atoms with van der Waals surface area (Å²) >= 11 is 0. The third kappa shape index (κ3) is 3.16. The number of fused-ring (bicyclic) bond motifs is 1. The first-order chi connectivity index (χ1) is 10.2. The van der Waals surface area contributed by atoms with Crippen molar-refractivity contribution in [2.75, 3.05) is 11.9 Å². The molecule has 3 N–H and O–H groups in total. The van der Waals surface area contributed by atoms with Gasteiger partial charge in [0, 0.05) is 11.9 Å². The van der Waals surface area contributed by atoms with Gasteiger partial charge in [-0.15, -0.1) is 0 Å². The van der Waals surface area contributed by atoms with Crippen LogP contribution in [-0.2, 0) is 0 Å². The standard InChI is InChI=1S/C17H20N2O2/c20-16(18-12-17(21)10-3-4-11-17)19-15-9-5-7-13-6-1-2-8-14(13)15/h1-2,5-9,21H,3-4,10-12H2,(H2,18,19,20). The molecule has 1 aliphatic rings. The molecule has 0 atom stereocenters. The summed E-state index contributed by atoms with van der Waals surface area (Å²) in [5.41, 5.74) is 0.0554. The molecule has 2 aromatic rings. The number of nitrogens with one attached hydrogen (secondary N) is 2. The Labute approximate surface area is 124 Å². The van der Waals surface area contributed by atoms with Crippen molar-refractivity contribution in [3.63, 3.8) is 0 Å². The van der Waals surface area contributed by atoms with Gasteiger partial charge in [0.25, 0.3) is 0 Å². The predicted molar refractivity (Wildman–Crippen MR) is 84.4 cm³/mol. The van der Waals surface area contributed by atoms with E-state index in [1.807, 2.05) is 42.5 Å². The van der Waals surface area contributed by atoms with Crippen LogP contribution in [0.1, 0.15) is 25.7 Å². The van der Waals surface area contributed by atoms with E-state index < -0.39 is 5.60 Å². The molecule has 0 unspecified atom stereocenters. The average molecular weight is 284 g/mol. The van der Waals surface area contributed by atoms with Gasteiger partial charge in [0.2, 0.25) is 0 Å². The first-order valence-electron chi connectivity index (χ1n) is 7.41. The van der Waals surface area contributed by atoms with E-state index in [1.54, 1.807) is 0 Å². The predicted octanol–water partition coefficient (Wildman–Crippen LogP) is 3.27. The number of carbonyl (C=O) groups is 1. The van der Waals surface area contributed by atoms with Gasteiger partial charge < -0.3 is 15.7 Å². The highest BCUT2D eigenvalue weighted by Crippen LogP contribution is 2.28. The molecular formula is C17H20N2O2. The second-order valence-electron chi connectivity index (χ2n) is 5.77. The summed E-state index contributed by atoms with van der Waals surface area (Å²) < 4.78 is 0. The second-order valence-corrected chi connectivity index (χ2v) is 5.77. The van der Waals surface area contributed by atoms with Gasteiger partial charge in [-0.05, 0) is 24.3 Å². The highest BCUT2D eigenvalue weighted by molar-refractivity contribution is 6.01. The molecule has 0 radical (unpaired) electrons. The smallest absolute Gasteiger partial charge is 0.319 e. The first-order valence-corrected chi connectivity index (χ1v) is 7.41. The van der Waals surface area contributed by atoms with Crippen molar-refractivity contribution in [1.29, 1.82) is 0 Å². The number of aliphatic hydroxyl groups is 1. The minimum absolute atomic E-state index is 0.272. The third-order valence-electron chi connectivity index (χ3n) is 4.15. The Morgan fingerprint density at radius 2 is 1.81 bits per heavy atom.